The van der Waals surface area contributed by atoms with Gasteiger partial charge in [0.2, 0.25) is 0 Å². The van der Waals surface area contributed by atoms with Crippen LogP contribution in [0.25, 0.3) is 11.3 Å². The maximum atomic E-state index is 12.7. The molecule has 20 heavy (non-hydrogen) atoms. The van der Waals surface area contributed by atoms with Crippen LogP contribution in [-0.4, -0.2) is 9.97 Å². The van der Waals surface area contributed by atoms with Crippen LogP contribution in [0.1, 0.15) is 24.6 Å². The molecule has 0 aliphatic carbocycles. The van der Waals surface area contributed by atoms with Crippen LogP contribution in [0.15, 0.2) is 30.3 Å². The summed E-state index contributed by atoms with van der Waals surface area (Å²) in [5.41, 5.74) is 1.11. The van der Waals surface area contributed by atoms with Gasteiger partial charge in [0.1, 0.15) is 5.69 Å². The SMILES string of the molecule is CCCc1ccc(-c2cc(C(F)(F)F)[nH]c(=S)n2)cc1. The van der Waals surface area contributed by atoms with Crippen LogP contribution < -0.4 is 0 Å². The Bertz CT molecular complexity index is 645. The molecule has 0 bridgehead atoms. The molecule has 0 fully saturated rings. The molecule has 2 rings (SSSR count). The van der Waals surface area contributed by atoms with Gasteiger partial charge < -0.3 is 4.98 Å². The lowest BCUT2D eigenvalue weighted by atomic mass is 10.1. The molecule has 0 spiro atoms. The van der Waals surface area contributed by atoms with E-state index in [2.05, 4.69) is 16.9 Å². The van der Waals surface area contributed by atoms with Gasteiger partial charge in [0, 0.05) is 5.56 Å². The first kappa shape index (κ1) is 14.7. The number of rotatable bonds is 3. The van der Waals surface area contributed by atoms with Crippen molar-refractivity contribution in [1.82, 2.24) is 9.97 Å². The van der Waals surface area contributed by atoms with Gasteiger partial charge in [-0.15, -0.1) is 0 Å². The number of aryl methyl sites for hydroxylation is 1. The van der Waals surface area contributed by atoms with Gasteiger partial charge in [-0.2, -0.15) is 13.2 Å². The van der Waals surface area contributed by atoms with E-state index in [1.165, 1.54) is 0 Å². The molecule has 2 nitrogen and oxygen atoms in total. The van der Waals surface area contributed by atoms with Crippen molar-refractivity contribution in [2.75, 3.05) is 0 Å². The molecule has 1 heterocycles. The van der Waals surface area contributed by atoms with Crippen molar-refractivity contribution in [3.05, 3.63) is 46.4 Å². The fourth-order valence-corrected chi connectivity index (χ4v) is 2.10. The Hall–Kier alpha value is -1.69. The van der Waals surface area contributed by atoms with E-state index in [9.17, 15) is 13.2 Å². The number of aromatic amines is 1. The predicted molar refractivity (Wildman–Crippen MR) is 73.9 cm³/mol. The molecular formula is C14H13F3N2S. The fraction of sp³-hybridized carbons (Fsp3) is 0.286. The molecule has 0 atom stereocenters. The summed E-state index contributed by atoms with van der Waals surface area (Å²) < 4.78 is 38.0. The van der Waals surface area contributed by atoms with Gasteiger partial charge >= 0.3 is 6.18 Å². The van der Waals surface area contributed by atoms with Crippen LogP contribution in [0.2, 0.25) is 0 Å². The number of hydrogen-bond acceptors (Lipinski definition) is 2. The lowest BCUT2D eigenvalue weighted by molar-refractivity contribution is -0.141. The summed E-state index contributed by atoms with van der Waals surface area (Å²) in [6.45, 7) is 2.07. The van der Waals surface area contributed by atoms with Crippen LogP contribution in [0.3, 0.4) is 0 Å². The zero-order chi connectivity index (χ0) is 14.8. The molecule has 0 aliphatic heterocycles. The van der Waals surface area contributed by atoms with E-state index in [4.69, 9.17) is 12.2 Å². The third-order valence-electron chi connectivity index (χ3n) is 2.84. The number of aromatic nitrogens is 2. The Labute approximate surface area is 119 Å². The van der Waals surface area contributed by atoms with Crippen LogP contribution in [-0.2, 0) is 12.6 Å². The van der Waals surface area contributed by atoms with Gasteiger partial charge in [0.05, 0.1) is 5.69 Å². The van der Waals surface area contributed by atoms with E-state index in [0.717, 1.165) is 24.5 Å². The second-order valence-electron chi connectivity index (χ2n) is 4.43. The van der Waals surface area contributed by atoms with Gasteiger partial charge in [-0.05, 0) is 30.3 Å². The first-order chi connectivity index (χ1) is 9.40. The topological polar surface area (TPSA) is 28.7 Å². The summed E-state index contributed by atoms with van der Waals surface area (Å²) in [5, 5.41) is 0. The number of hydrogen-bond donors (Lipinski definition) is 1. The van der Waals surface area contributed by atoms with E-state index < -0.39 is 11.9 Å². The molecule has 0 amide bonds. The zero-order valence-electron chi connectivity index (χ0n) is 10.8. The van der Waals surface area contributed by atoms with Crippen LogP contribution in [0.5, 0.6) is 0 Å². The average Bonchev–Trinajstić information content (AvgIpc) is 2.38. The number of benzene rings is 1. The predicted octanol–water partition coefficient (Wildman–Crippen LogP) is 4.78. The third kappa shape index (κ3) is 3.45. The molecule has 1 N–H and O–H groups in total. The minimum absolute atomic E-state index is 0.174. The summed E-state index contributed by atoms with van der Waals surface area (Å²) in [6, 6.07) is 8.30. The van der Waals surface area contributed by atoms with E-state index >= 15 is 0 Å². The summed E-state index contributed by atoms with van der Waals surface area (Å²) in [7, 11) is 0. The number of alkyl halides is 3. The Kier molecular flexibility index (Phi) is 4.23. The number of halogens is 3. The van der Waals surface area contributed by atoms with Crippen LogP contribution in [0, 0.1) is 4.77 Å². The highest BCUT2D eigenvalue weighted by Crippen LogP contribution is 2.29. The fourth-order valence-electron chi connectivity index (χ4n) is 1.89. The highest BCUT2D eigenvalue weighted by atomic mass is 32.1. The first-order valence-corrected chi connectivity index (χ1v) is 6.59. The quantitative estimate of drug-likeness (QED) is 0.826. The monoisotopic (exact) mass is 298 g/mol. The molecular weight excluding hydrogens is 285 g/mol. The van der Waals surface area contributed by atoms with Crippen LogP contribution in [0.4, 0.5) is 13.2 Å². The standard InChI is InChI=1S/C14H13F3N2S/c1-2-3-9-4-6-10(7-5-9)11-8-12(14(15,16)17)19-13(20)18-11/h4-8H,2-3H2,1H3,(H,18,19,20). The molecule has 0 saturated carbocycles. The van der Waals surface area contributed by atoms with Crippen molar-refractivity contribution in [2.24, 2.45) is 0 Å². The van der Waals surface area contributed by atoms with Gasteiger partial charge in [-0.1, -0.05) is 37.6 Å². The molecule has 6 heteroatoms. The average molecular weight is 298 g/mol. The normalized spacial score (nSPS) is 11.6. The van der Waals surface area contributed by atoms with Gasteiger partial charge in [-0.3, -0.25) is 0 Å². The summed E-state index contributed by atoms with van der Waals surface area (Å²) in [6.07, 6.45) is -2.50. The molecule has 0 saturated heterocycles. The van der Waals surface area contributed by atoms with Crippen molar-refractivity contribution in [3.63, 3.8) is 0 Å². The lowest BCUT2D eigenvalue weighted by Crippen LogP contribution is -2.09. The smallest absolute Gasteiger partial charge is 0.327 e. The summed E-state index contributed by atoms with van der Waals surface area (Å²) in [5.74, 6) is 0. The maximum Gasteiger partial charge on any atom is 0.431 e. The second kappa shape index (κ2) is 5.75. The Morgan fingerprint density at radius 2 is 1.85 bits per heavy atom. The first-order valence-electron chi connectivity index (χ1n) is 6.18. The minimum Gasteiger partial charge on any atom is -0.327 e. The Morgan fingerprint density at radius 1 is 1.20 bits per heavy atom. The van der Waals surface area contributed by atoms with Gasteiger partial charge in [-0.25, -0.2) is 4.98 Å². The Morgan fingerprint density at radius 3 is 2.40 bits per heavy atom. The zero-order valence-corrected chi connectivity index (χ0v) is 11.6. The van der Waals surface area contributed by atoms with E-state index in [0.29, 0.717) is 5.56 Å². The number of H-pyrrole nitrogens is 1. The van der Waals surface area contributed by atoms with Crippen molar-refractivity contribution >= 4 is 12.2 Å². The molecule has 1 aromatic heterocycles. The van der Waals surface area contributed by atoms with E-state index in [1.807, 2.05) is 12.1 Å². The highest BCUT2D eigenvalue weighted by Gasteiger charge is 2.32. The van der Waals surface area contributed by atoms with Crippen molar-refractivity contribution in [2.45, 2.75) is 25.9 Å². The summed E-state index contributed by atoms with van der Waals surface area (Å²) in [4.78, 5) is 6.02. The highest BCUT2D eigenvalue weighted by molar-refractivity contribution is 7.71. The van der Waals surface area contributed by atoms with Crippen LogP contribution >= 0.6 is 12.2 Å². The third-order valence-corrected chi connectivity index (χ3v) is 3.03. The van der Waals surface area contributed by atoms with Crippen molar-refractivity contribution in [3.8, 4) is 11.3 Å². The minimum atomic E-state index is -4.46. The van der Waals surface area contributed by atoms with Crippen molar-refractivity contribution < 1.29 is 13.2 Å². The summed E-state index contributed by atoms with van der Waals surface area (Å²) >= 11 is 4.76. The molecule has 0 radical (unpaired) electrons. The maximum absolute atomic E-state index is 12.7. The van der Waals surface area contributed by atoms with Gasteiger partial charge in [0.15, 0.2) is 4.77 Å². The molecule has 2 aromatic rings. The molecule has 0 aliphatic rings. The lowest BCUT2D eigenvalue weighted by Gasteiger charge is -2.09. The van der Waals surface area contributed by atoms with E-state index in [-0.39, 0.29) is 10.5 Å². The molecule has 1 aromatic carbocycles. The number of nitrogens with zero attached hydrogens (tertiary/aromatic N) is 1. The molecule has 0 unspecified atom stereocenters. The second-order valence-corrected chi connectivity index (χ2v) is 4.82. The molecule has 106 valence electrons. The van der Waals surface area contributed by atoms with E-state index in [1.54, 1.807) is 12.1 Å². The largest absolute Gasteiger partial charge is 0.431 e. The van der Waals surface area contributed by atoms with Gasteiger partial charge in [0.25, 0.3) is 0 Å². The number of nitrogens with one attached hydrogen (secondary N) is 1. The van der Waals surface area contributed by atoms with Crippen molar-refractivity contribution in [1.29, 1.82) is 0 Å². The Balaban J connectivity index is 2.42.